The number of hydrogen-bond acceptors (Lipinski definition) is 4. The van der Waals surface area contributed by atoms with Gasteiger partial charge in [-0.2, -0.15) is 5.10 Å². The van der Waals surface area contributed by atoms with Crippen LogP contribution in [0.5, 0.6) is 0 Å². The molecule has 0 spiro atoms. The van der Waals surface area contributed by atoms with E-state index in [2.05, 4.69) is 26.9 Å². The minimum Gasteiger partial charge on any atom is -0.381 e. The van der Waals surface area contributed by atoms with Crippen LogP contribution in [0, 0.1) is 0 Å². The van der Waals surface area contributed by atoms with Crippen LogP contribution in [0.3, 0.4) is 0 Å². The van der Waals surface area contributed by atoms with Crippen molar-refractivity contribution in [2.24, 2.45) is 0 Å². The lowest BCUT2D eigenvalue weighted by atomic mass is 9.94. The second-order valence-electron chi connectivity index (χ2n) is 7.64. The highest BCUT2D eigenvalue weighted by molar-refractivity contribution is 5.91. The van der Waals surface area contributed by atoms with E-state index < -0.39 is 0 Å². The summed E-state index contributed by atoms with van der Waals surface area (Å²) in [6, 6.07) is 5.15. The fourth-order valence-electron chi connectivity index (χ4n) is 4.31. The Morgan fingerprint density at radius 3 is 2.00 bits per heavy atom. The van der Waals surface area contributed by atoms with E-state index in [1.807, 2.05) is 6.07 Å². The van der Waals surface area contributed by atoms with E-state index in [4.69, 9.17) is 0 Å². The zero-order valence-corrected chi connectivity index (χ0v) is 14.8. The first kappa shape index (κ1) is 16.4. The van der Waals surface area contributed by atoms with Crippen LogP contribution in [0.1, 0.15) is 64.2 Å². The van der Waals surface area contributed by atoms with Crippen molar-refractivity contribution in [1.29, 1.82) is 0 Å². The summed E-state index contributed by atoms with van der Waals surface area (Å²) in [5.41, 5.74) is 2.08. The normalized spacial score (nSPS) is 19.8. The van der Waals surface area contributed by atoms with Gasteiger partial charge in [0.1, 0.15) is 0 Å². The van der Waals surface area contributed by atoms with Crippen LogP contribution in [0.4, 0.5) is 11.4 Å². The number of nitrogens with zero attached hydrogens (tertiary/aromatic N) is 1. The molecule has 1 aromatic heterocycles. The van der Waals surface area contributed by atoms with Crippen molar-refractivity contribution >= 4 is 22.1 Å². The van der Waals surface area contributed by atoms with Gasteiger partial charge in [0, 0.05) is 17.5 Å². The van der Waals surface area contributed by atoms with Gasteiger partial charge in [0.25, 0.3) is 5.56 Å². The molecule has 2 saturated carbocycles. The van der Waals surface area contributed by atoms with Crippen molar-refractivity contribution in [3.8, 4) is 0 Å². The maximum absolute atomic E-state index is 12.2. The highest BCUT2D eigenvalue weighted by Crippen LogP contribution is 2.32. The Morgan fingerprint density at radius 2 is 1.40 bits per heavy atom. The minimum absolute atomic E-state index is 0.117. The average molecular weight is 340 g/mol. The molecule has 2 fully saturated rings. The van der Waals surface area contributed by atoms with Crippen LogP contribution in [0.25, 0.3) is 10.8 Å². The molecule has 5 nitrogen and oxygen atoms in total. The Labute approximate surface area is 148 Å². The number of benzene rings is 1. The first-order valence-corrected chi connectivity index (χ1v) is 9.84. The molecule has 0 aliphatic heterocycles. The molecule has 4 rings (SSSR count). The molecule has 1 heterocycles. The van der Waals surface area contributed by atoms with E-state index in [-0.39, 0.29) is 5.56 Å². The van der Waals surface area contributed by atoms with Gasteiger partial charge in [-0.3, -0.25) is 4.79 Å². The quantitative estimate of drug-likeness (QED) is 0.771. The Morgan fingerprint density at radius 1 is 0.840 bits per heavy atom. The standard InChI is InChI=1S/C20H28N4O/c25-20-17-12-19(23-16-9-5-2-6-10-16)18(11-14(17)13-21-24-20)22-15-7-3-1-4-8-15/h11-13,15-16,22-23H,1-10H2,(H,24,25). The van der Waals surface area contributed by atoms with Crippen LogP contribution in [0.15, 0.2) is 23.1 Å². The summed E-state index contributed by atoms with van der Waals surface area (Å²) in [6.07, 6.45) is 14.5. The molecule has 25 heavy (non-hydrogen) atoms. The molecule has 0 atom stereocenters. The topological polar surface area (TPSA) is 69.8 Å². The van der Waals surface area contributed by atoms with E-state index in [0.29, 0.717) is 17.5 Å². The third-order valence-electron chi connectivity index (χ3n) is 5.73. The summed E-state index contributed by atoms with van der Waals surface area (Å²) in [5.74, 6) is 0. The summed E-state index contributed by atoms with van der Waals surface area (Å²) in [5, 5.41) is 15.6. The van der Waals surface area contributed by atoms with Crippen molar-refractivity contribution in [2.45, 2.75) is 76.3 Å². The molecule has 0 saturated heterocycles. The molecular weight excluding hydrogens is 312 g/mol. The summed E-state index contributed by atoms with van der Waals surface area (Å²) in [7, 11) is 0. The van der Waals surface area contributed by atoms with Gasteiger partial charge >= 0.3 is 0 Å². The number of hydrogen-bond donors (Lipinski definition) is 3. The number of aromatic nitrogens is 2. The molecular formula is C20H28N4O. The number of H-pyrrole nitrogens is 1. The largest absolute Gasteiger partial charge is 0.381 e. The maximum atomic E-state index is 12.2. The Hall–Kier alpha value is -2.04. The highest BCUT2D eigenvalue weighted by Gasteiger charge is 2.18. The minimum atomic E-state index is -0.117. The highest BCUT2D eigenvalue weighted by atomic mass is 16.1. The summed E-state index contributed by atoms with van der Waals surface area (Å²) >= 11 is 0. The molecule has 2 aliphatic carbocycles. The van der Waals surface area contributed by atoms with Crippen LogP contribution < -0.4 is 16.2 Å². The van der Waals surface area contributed by atoms with Gasteiger partial charge in [0.15, 0.2) is 0 Å². The number of aromatic amines is 1. The second-order valence-corrected chi connectivity index (χ2v) is 7.64. The fraction of sp³-hybridized carbons (Fsp3) is 0.600. The van der Waals surface area contributed by atoms with Crippen molar-refractivity contribution in [3.63, 3.8) is 0 Å². The lowest BCUT2D eigenvalue weighted by Crippen LogP contribution is -2.26. The van der Waals surface area contributed by atoms with Crippen molar-refractivity contribution in [1.82, 2.24) is 10.2 Å². The molecule has 0 radical (unpaired) electrons. The van der Waals surface area contributed by atoms with Crippen LogP contribution in [-0.2, 0) is 0 Å². The average Bonchev–Trinajstić information content (AvgIpc) is 2.65. The Bertz CT molecular complexity index is 773. The predicted octanol–water partition coefficient (Wildman–Crippen LogP) is 4.41. The summed E-state index contributed by atoms with van der Waals surface area (Å²) in [6.45, 7) is 0. The molecule has 2 aliphatic rings. The molecule has 1 aromatic carbocycles. The second kappa shape index (κ2) is 7.46. The molecule has 5 heteroatoms. The number of fused-ring (bicyclic) bond motifs is 1. The van der Waals surface area contributed by atoms with E-state index >= 15 is 0 Å². The lowest BCUT2D eigenvalue weighted by Gasteiger charge is -2.28. The number of anilines is 2. The first-order valence-electron chi connectivity index (χ1n) is 9.84. The molecule has 0 amide bonds. The van der Waals surface area contributed by atoms with Gasteiger partial charge in [-0.25, -0.2) is 5.10 Å². The smallest absolute Gasteiger partial charge is 0.272 e. The van der Waals surface area contributed by atoms with Gasteiger partial charge < -0.3 is 10.6 Å². The SMILES string of the molecule is O=c1[nH]ncc2cc(NC3CCCCC3)c(NC3CCCCC3)cc12. The number of rotatable bonds is 4. The van der Waals surface area contributed by atoms with E-state index in [1.165, 1.54) is 64.2 Å². The van der Waals surface area contributed by atoms with Crippen LogP contribution in [-0.4, -0.2) is 22.3 Å². The molecule has 3 N–H and O–H groups in total. The monoisotopic (exact) mass is 340 g/mol. The van der Waals surface area contributed by atoms with Crippen molar-refractivity contribution in [3.05, 3.63) is 28.7 Å². The van der Waals surface area contributed by atoms with E-state index in [9.17, 15) is 4.79 Å². The Balaban J connectivity index is 1.66. The lowest BCUT2D eigenvalue weighted by molar-refractivity contribution is 0.460. The Kier molecular flexibility index (Phi) is 4.90. The summed E-state index contributed by atoms with van der Waals surface area (Å²) in [4.78, 5) is 12.2. The molecule has 0 bridgehead atoms. The van der Waals surface area contributed by atoms with Gasteiger partial charge in [-0.05, 0) is 37.8 Å². The first-order chi connectivity index (χ1) is 12.3. The molecule has 0 unspecified atom stereocenters. The van der Waals surface area contributed by atoms with Crippen LogP contribution >= 0.6 is 0 Å². The van der Waals surface area contributed by atoms with E-state index in [1.54, 1.807) is 6.20 Å². The third-order valence-corrected chi connectivity index (χ3v) is 5.73. The third kappa shape index (κ3) is 3.80. The van der Waals surface area contributed by atoms with Crippen molar-refractivity contribution < 1.29 is 0 Å². The van der Waals surface area contributed by atoms with Gasteiger partial charge in [-0.1, -0.05) is 38.5 Å². The fourth-order valence-corrected chi connectivity index (χ4v) is 4.31. The predicted molar refractivity (Wildman–Crippen MR) is 103 cm³/mol. The number of nitrogens with one attached hydrogen (secondary N) is 3. The van der Waals surface area contributed by atoms with Crippen LogP contribution in [0.2, 0.25) is 0 Å². The van der Waals surface area contributed by atoms with Gasteiger partial charge in [0.2, 0.25) is 0 Å². The van der Waals surface area contributed by atoms with Crippen molar-refractivity contribution in [2.75, 3.05) is 10.6 Å². The van der Waals surface area contributed by atoms with Gasteiger partial charge in [-0.15, -0.1) is 0 Å². The summed E-state index contributed by atoms with van der Waals surface area (Å²) < 4.78 is 0. The molecule has 134 valence electrons. The zero-order chi connectivity index (χ0) is 17.1. The molecule has 2 aromatic rings. The zero-order valence-electron chi connectivity index (χ0n) is 14.8. The maximum Gasteiger partial charge on any atom is 0.272 e. The van der Waals surface area contributed by atoms with Gasteiger partial charge in [0.05, 0.1) is 23.0 Å². The van der Waals surface area contributed by atoms with E-state index in [0.717, 1.165) is 16.8 Å².